The molecule has 9 rings (SSSR count). The van der Waals surface area contributed by atoms with Crippen LogP contribution < -0.4 is 36.0 Å². The number of nitrogens with zero attached hydrogens (tertiary/aromatic N) is 7. The molecular weight excluding hydrogens is 1700 g/mol. The fourth-order valence-corrected chi connectivity index (χ4v) is 11.3. The third-order valence-electron chi connectivity index (χ3n) is 15.8. The van der Waals surface area contributed by atoms with E-state index in [-0.39, 0.29) is 75.9 Å². The van der Waals surface area contributed by atoms with Crippen molar-refractivity contribution in [1.82, 2.24) is 39.7 Å². The first-order chi connectivity index (χ1) is 55.8. The molecule has 0 saturated carbocycles. The lowest BCUT2D eigenvalue weighted by atomic mass is 9.08. The smallest absolute Gasteiger partial charge is 0.471 e. The first-order valence-electron chi connectivity index (χ1n) is 36.3. The molecule has 24 nitrogen and oxygen atoms in total. The molecule has 0 unspecified atom stereocenters. The highest BCUT2D eigenvalue weighted by atomic mass is 35.5. The van der Waals surface area contributed by atoms with E-state index in [9.17, 15) is 108 Å². The van der Waals surface area contributed by atoms with Crippen LogP contribution in [0, 0.1) is 11.8 Å². The van der Waals surface area contributed by atoms with Gasteiger partial charge in [0, 0.05) is 59.6 Å². The Kier molecular flexibility index (Phi) is 34.8. The molecule has 7 aromatic rings. The number of fused-ring (bicyclic) bond motifs is 3. The van der Waals surface area contributed by atoms with E-state index in [0.29, 0.717) is 24.3 Å². The summed E-state index contributed by atoms with van der Waals surface area (Å²) in [6.07, 6.45) is -22.2. The summed E-state index contributed by atoms with van der Waals surface area (Å²) in [6.45, 7) is 32.9. The maximum Gasteiger partial charge on any atom is 0.573 e. The minimum absolute atomic E-state index is 0.0505. The summed E-state index contributed by atoms with van der Waals surface area (Å²) >= 11 is 5.59. The van der Waals surface area contributed by atoms with Crippen molar-refractivity contribution in [3.8, 4) is 23.1 Å². The fourth-order valence-electron chi connectivity index (χ4n) is 11.0. The molecule has 5 heterocycles. The summed E-state index contributed by atoms with van der Waals surface area (Å²) in [5.74, 6) is -15.8. The van der Waals surface area contributed by atoms with E-state index in [4.69, 9.17) is 46.8 Å². The molecule has 4 aromatic carbocycles. The number of rotatable bonds is 16. The second kappa shape index (κ2) is 40.8. The van der Waals surface area contributed by atoms with E-state index in [1.54, 1.807) is 90.0 Å². The predicted molar refractivity (Wildman–Crippen MR) is 420 cm³/mol. The second-order valence-corrected chi connectivity index (χ2v) is 31.0. The van der Waals surface area contributed by atoms with Gasteiger partial charge in [0.05, 0.1) is 70.1 Å². The molecule has 6 N–H and O–H groups in total. The van der Waals surface area contributed by atoms with Crippen LogP contribution in [0.25, 0.3) is 33.1 Å². The van der Waals surface area contributed by atoms with Crippen molar-refractivity contribution in [2.45, 2.75) is 206 Å². The molecule has 0 spiro atoms. The number of alkyl halides is 18. The van der Waals surface area contributed by atoms with Gasteiger partial charge in [-0.15, -0.1) is 39.5 Å². The number of ether oxygens (including phenoxy) is 8. The molecule has 6 atom stereocenters. The molecule has 6 radical (unpaired) electrons. The number of aliphatic hydroxyl groups is 1. The van der Waals surface area contributed by atoms with Crippen molar-refractivity contribution in [3.63, 3.8) is 0 Å². The van der Waals surface area contributed by atoms with Gasteiger partial charge < -0.3 is 59.5 Å². The number of nitrogen functional groups attached to an aromatic ring is 2. The van der Waals surface area contributed by atoms with Gasteiger partial charge in [-0.3, -0.25) is 14.6 Å². The normalized spacial score (nSPS) is 17.1. The Morgan fingerprint density at radius 3 is 1.28 bits per heavy atom. The van der Waals surface area contributed by atoms with Crippen LogP contribution in [0.3, 0.4) is 0 Å². The van der Waals surface area contributed by atoms with Gasteiger partial charge in [-0.1, -0.05) is 51.3 Å². The number of benzene rings is 4. The summed E-state index contributed by atoms with van der Waals surface area (Å²) in [5.41, 5.74) is 3.25. The van der Waals surface area contributed by atoms with E-state index >= 15 is 0 Å². The molecule has 2 aliphatic rings. The van der Waals surface area contributed by atoms with Gasteiger partial charge in [-0.05, 0) is 168 Å². The van der Waals surface area contributed by atoms with Crippen LogP contribution in [0.1, 0.15) is 132 Å². The second-order valence-electron chi connectivity index (χ2n) is 30.7. The largest absolute Gasteiger partial charge is 0.573 e. The zero-order valence-corrected chi connectivity index (χ0v) is 69.1. The van der Waals surface area contributed by atoms with Gasteiger partial charge in [-0.25, -0.2) is 44.1 Å². The highest BCUT2D eigenvalue weighted by Crippen LogP contribution is 2.42. The van der Waals surface area contributed by atoms with Crippen molar-refractivity contribution >= 4 is 110 Å². The van der Waals surface area contributed by atoms with Crippen LogP contribution in [-0.4, -0.2) is 184 Å². The van der Waals surface area contributed by atoms with Crippen LogP contribution in [0.4, 0.5) is 100.0 Å². The number of aromatic amines is 1. The van der Waals surface area contributed by atoms with E-state index < -0.39 is 183 Å². The van der Waals surface area contributed by atoms with Crippen molar-refractivity contribution in [3.05, 3.63) is 149 Å². The number of esters is 2. The highest BCUT2D eigenvalue weighted by Gasteiger charge is 2.53. The minimum Gasteiger partial charge on any atom is -0.471 e. The van der Waals surface area contributed by atoms with E-state index in [1.165, 1.54) is 23.1 Å². The number of aromatic nitrogens is 6. The number of hydrogen-bond donors (Lipinski definition) is 4. The number of carbonyl (C=O) groups is 4. The van der Waals surface area contributed by atoms with Crippen molar-refractivity contribution in [2.75, 3.05) is 24.6 Å². The SMILES string of the molecule is C=CC(F)(F)c1nc2ccc(OC(F)(F)F)cc2[nH]c1=O.C=CC(F)(F)c1nc2ccc(OC(F)(F)F)cc2nc1Cl.C=CC(F)(F)c1nc2ccc(OC(F)(F)F)cc2nc1O[C@H]1CN(C(=O)OC(C)(C)C)[C@H](C(=O)OC(C)(C)C)[C@@H]1CC.CC[C@H]1[C@@H](C(=O)OC(C)(C)C)N(C(=O)OC(C)(C)C)C[C@@H]1O.Nc1ccc(CC(F)(F)F)cc1N.[B]B([B])[B]. The van der Waals surface area contributed by atoms with Gasteiger partial charge in [0.1, 0.15) is 57.8 Å². The third kappa shape index (κ3) is 33.2. The van der Waals surface area contributed by atoms with E-state index in [0.717, 1.165) is 59.5 Å². The highest BCUT2D eigenvalue weighted by molar-refractivity contribution is 7.49. The summed E-state index contributed by atoms with van der Waals surface area (Å²) < 4.78 is 269. The summed E-state index contributed by atoms with van der Waals surface area (Å²) in [5, 5.41) is 9.54. The molecule has 668 valence electrons. The zero-order valence-electron chi connectivity index (χ0n) is 68.3. The molecule has 2 fully saturated rings. The monoisotopic (exact) mass is 1780 g/mol. The molecule has 47 heteroatoms. The Morgan fingerprint density at radius 2 is 0.886 bits per heavy atom. The van der Waals surface area contributed by atoms with Crippen LogP contribution in [0.5, 0.6) is 23.1 Å². The Hall–Kier alpha value is -10.6. The lowest BCUT2D eigenvalue weighted by molar-refractivity contribution is -0.275. The number of aliphatic hydroxyl groups excluding tert-OH is 1. The number of allylic oxidation sites excluding steroid dienone is 3. The number of H-pyrrole nitrogens is 1. The number of hydrogen-bond acceptors (Lipinski definition) is 21. The van der Waals surface area contributed by atoms with Gasteiger partial charge in [0.2, 0.25) is 5.88 Å². The van der Waals surface area contributed by atoms with Gasteiger partial charge in [-0.2, -0.15) is 39.5 Å². The lowest BCUT2D eigenvalue weighted by Crippen LogP contribution is -2.47. The Labute approximate surface area is 702 Å². The molecular formula is C76H85B4ClF18N10O14. The first kappa shape index (κ1) is 105. The number of nitrogens with one attached hydrogen (secondary N) is 1. The standard InChI is InChI=1S/C28H34F5N3O6.C16H29NO5.C12H6ClF5N2O.C12H7F5N2O2.C8H9F3N2.B4/c1-9-16-19(14-36(24(38)42-26(6,7)8)20(16)23(37)41-25(3,4)5)39-22-21(27(29,30)10-2)34-17-12-11-15(13-18(17)35-22)40-28(31,32)33;1-8-10-11(18)9-17(14(20)22-16(5,6)7)12(10)13(19)21-15(2,3)4;1-2-11(14,15)9-10(13)20-8-5-6(21-12(16,17)18)3-4-7(8)19-9;1-2-11(13,14)9-10(20)19-8-5-6(21-12(15,16)17)3-4-7(8)18-9;9-8(10,11)4-5-1-2-6(12)7(13)3-5;1-4(2)3/h10-13,16,19-20H,2,9,14H2,1,3-8H3;10-12,18H,8-9H2,1-7H3;2-5H,1H2;2-5H,1H2,(H,19,20);1-3H,4,12-13H2;/t16-,19+,20+;10-,11+,12+;;;;/m11..../s1. The Bertz CT molecular complexity index is 4930. The minimum atomic E-state index is -5.00. The first-order valence-corrected chi connectivity index (χ1v) is 36.7. The quantitative estimate of drug-likeness (QED) is 0.0174. The number of amides is 2. The third-order valence-corrected chi connectivity index (χ3v) is 16.1. The van der Waals surface area contributed by atoms with E-state index in [2.05, 4.69) is 82.1 Å². The predicted octanol–water partition coefficient (Wildman–Crippen LogP) is 16.9. The number of anilines is 2. The number of nitrogens with two attached hydrogens (primary N) is 2. The van der Waals surface area contributed by atoms with Crippen LogP contribution in [-0.2, 0) is 52.7 Å². The Balaban J connectivity index is 0.000000337. The average molecular weight is 1780 g/mol. The van der Waals surface area contributed by atoms with Crippen molar-refractivity contribution in [2.24, 2.45) is 11.8 Å². The van der Waals surface area contributed by atoms with Crippen molar-refractivity contribution in [1.29, 1.82) is 0 Å². The zero-order chi connectivity index (χ0) is 94.4. The average Bonchev–Trinajstić information content (AvgIpc) is 1.71. The molecule has 3 aromatic heterocycles. The van der Waals surface area contributed by atoms with Gasteiger partial charge >= 0.3 is 67.2 Å². The molecule has 0 bridgehead atoms. The Morgan fingerprint density at radius 1 is 0.512 bits per heavy atom. The maximum absolute atomic E-state index is 15.0. The molecule has 2 aliphatic heterocycles. The maximum atomic E-state index is 15.0. The van der Waals surface area contributed by atoms with Crippen LogP contribution in [0.15, 0.2) is 116 Å². The molecule has 2 amide bonds. The van der Waals surface area contributed by atoms with E-state index in [1.807, 2.05) is 11.9 Å². The number of carbonyl (C=O) groups excluding carboxylic acids is 4. The summed E-state index contributed by atoms with van der Waals surface area (Å²) in [6, 6.07) is 10.4. The fraction of sp³-hybridized carbons (Fsp3) is 0.474. The molecule has 123 heavy (non-hydrogen) atoms. The number of likely N-dealkylation sites (tertiary alicyclic amines) is 2. The van der Waals surface area contributed by atoms with Crippen LogP contribution >= 0.6 is 11.6 Å². The van der Waals surface area contributed by atoms with Gasteiger partial charge in [0.15, 0.2) is 22.2 Å². The van der Waals surface area contributed by atoms with Crippen molar-refractivity contribution < 1.29 is 141 Å². The lowest BCUT2D eigenvalue weighted by Gasteiger charge is -2.31. The molecule has 0 aliphatic carbocycles. The summed E-state index contributed by atoms with van der Waals surface area (Å²) in [7, 11) is 14.0. The van der Waals surface area contributed by atoms with Crippen LogP contribution in [0.2, 0.25) is 5.15 Å². The van der Waals surface area contributed by atoms with Gasteiger partial charge in [0.25, 0.3) is 5.56 Å². The number of β-amino-alcohol motifs (C(OH)–C–C–N with tert-alkyl or cyclic N) is 1. The number of halogens is 19. The molecule has 2 saturated heterocycles. The summed E-state index contributed by atoms with van der Waals surface area (Å²) in [4.78, 5) is 85.9. The topological polar surface area (TPSA) is 318 Å².